The van der Waals surface area contributed by atoms with Crippen LogP contribution < -0.4 is 0 Å². The Balaban J connectivity index is 2.45. The van der Waals surface area contributed by atoms with Gasteiger partial charge in [-0.15, -0.1) is 4.99 Å². The Bertz CT molecular complexity index is 945. The van der Waals surface area contributed by atoms with Crippen LogP contribution in [0.4, 0.5) is 9.59 Å². The molecule has 10 heteroatoms. The zero-order valence-electron chi connectivity index (χ0n) is 24.0. The molecule has 10 nitrogen and oxygen atoms in total. The molecule has 2 saturated heterocycles. The van der Waals surface area contributed by atoms with E-state index in [1.165, 1.54) is 0 Å². The molecule has 0 aromatic rings. The van der Waals surface area contributed by atoms with Crippen LogP contribution in [0.1, 0.15) is 106 Å². The summed E-state index contributed by atoms with van der Waals surface area (Å²) in [6, 6.07) is -1.05. The summed E-state index contributed by atoms with van der Waals surface area (Å²) in [7, 11) is 0. The number of hydrogen-bond donors (Lipinski definition) is 1. The third-order valence-electron chi connectivity index (χ3n) is 6.46. The van der Waals surface area contributed by atoms with Gasteiger partial charge in [0.1, 0.15) is 22.9 Å². The number of carboxylic acids is 1. The van der Waals surface area contributed by atoms with E-state index in [9.17, 15) is 24.3 Å². The molecule has 0 aliphatic carbocycles. The summed E-state index contributed by atoms with van der Waals surface area (Å²) in [6.45, 7) is 16.2. The van der Waals surface area contributed by atoms with Gasteiger partial charge in [-0.05, 0) is 60.8 Å². The fourth-order valence-electron chi connectivity index (χ4n) is 4.93. The molecule has 0 unspecified atom stereocenters. The lowest BCUT2D eigenvalue weighted by Crippen LogP contribution is -2.61. The van der Waals surface area contributed by atoms with Crippen LogP contribution in [0, 0.1) is 5.92 Å². The summed E-state index contributed by atoms with van der Waals surface area (Å²) in [6.07, 6.45) is 4.84. The quantitative estimate of drug-likeness (QED) is 0.362. The van der Waals surface area contributed by atoms with E-state index in [0.29, 0.717) is 19.3 Å². The number of nitrogens with zero attached hydrogens (tertiary/aromatic N) is 3. The van der Waals surface area contributed by atoms with Gasteiger partial charge in [0.15, 0.2) is 0 Å². The Morgan fingerprint density at radius 1 is 0.974 bits per heavy atom. The lowest BCUT2D eigenvalue weighted by molar-refractivity contribution is -0.143. The molecule has 0 spiro atoms. The monoisotopic (exact) mass is 535 g/mol. The van der Waals surface area contributed by atoms with Gasteiger partial charge in [0.25, 0.3) is 0 Å². The first kappa shape index (κ1) is 31.3. The van der Waals surface area contributed by atoms with Gasteiger partial charge in [-0.2, -0.15) is 0 Å². The fraction of sp³-hybridized carbons (Fsp3) is 0.750. The molecule has 0 radical (unpaired) electrons. The maximum absolute atomic E-state index is 13.3. The summed E-state index contributed by atoms with van der Waals surface area (Å²) in [5.41, 5.74) is -1.79. The lowest BCUT2D eigenvalue weighted by atomic mass is 9.92. The molecule has 38 heavy (non-hydrogen) atoms. The highest BCUT2D eigenvalue weighted by Crippen LogP contribution is 2.41. The van der Waals surface area contributed by atoms with Crippen LogP contribution in [0.5, 0.6) is 0 Å². The average molecular weight is 536 g/mol. The Labute approximate surface area is 226 Å². The number of ether oxygens (including phenoxy) is 2. The van der Waals surface area contributed by atoms with E-state index in [1.807, 2.05) is 0 Å². The number of fused-ring (bicyclic) bond motifs is 1. The summed E-state index contributed by atoms with van der Waals surface area (Å²) < 4.78 is 10.9. The third kappa shape index (κ3) is 8.56. The van der Waals surface area contributed by atoms with E-state index in [0.717, 1.165) is 37.0 Å². The molecule has 0 bridgehead atoms. The molecule has 0 saturated carbocycles. The minimum atomic E-state index is -1.15. The van der Waals surface area contributed by atoms with Crippen molar-refractivity contribution >= 4 is 29.9 Å². The average Bonchev–Trinajstić information content (AvgIpc) is 3.13. The number of rotatable bonds is 9. The smallest absolute Gasteiger partial charge is 0.437 e. The number of ketones is 1. The van der Waals surface area contributed by atoms with Gasteiger partial charge in [-0.3, -0.25) is 9.59 Å². The van der Waals surface area contributed by atoms with Crippen LogP contribution in [0.25, 0.3) is 0 Å². The third-order valence-corrected chi connectivity index (χ3v) is 6.46. The zero-order valence-corrected chi connectivity index (χ0v) is 24.0. The van der Waals surface area contributed by atoms with E-state index in [-0.39, 0.29) is 23.9 Å². The molecule has 2 rings (SSSR count). The SMILES string of the molecule is C=C1[C@H](C(=O)O)[C@H]2CC[C@@H](CC(=O)CCCCCCC)N2/C(=N/C(=O)OC(C)(C)C)N1C(=O)OC(C)(C)C. The number of aliphatic carboxylic acids is 1. The number of Topliss-reactive ketones (excluding diaryl/α,β-unsaturated/α-hetero) is 1. The van der Waals surface area contributed by atoms with Gasteiger partial charge < -0.3 is 19.5 Å². The maximum Gasteiger partial charge on any atom is 0.437 e. The van der Waals surface area contributed by atoms with Crippen molar-refractivity contribution in [2.75, 3.05) is 0 Å². The molecule has 214 valence electrons. The Morgan fingerprint density at radius 2 is 1.58 bits per heavy atom. The Hall–Kier alpha value is -2.91. The van der Waals surface area contributed by atoms with Crippen LogP contribution in [-0.2, 0) is 19.1 Å². The number of unbranched alkanes of at least 4 members (excludes halogenated alkanes) is 4. The highest BCUT2D eigenvalue weighted by atomic mass is 16.6. The molecule has 2 fully saturated rings. The maximum atomic E-state index is 13.3. The van der Waals surface area contributed by atoms with Crippen LogP contribution in [0.15, 0.2) is 17.3 Å². The minimum absolute atomic E-state index is 0.0433. The molecule has 2 heterocycles. The highest BCUT2D eigenvalue weighted by molar-refractivity contribution is 6.03. The van der Waals surface area contributed by atoms with E-state index in [2.05, 4.69) is 18.5 Å². The number of carbonyl (C=O) groups is 4. The van der Waals surface area contributed by atoms with Crippen molar-refractivity contribution in [3.63, 3.8) is 0 Å². The second kappa shape index (κ2) is 12.8. The van der Waals surface area contributed by atoms with Crippen LogP contribution >= 0.6 is 0 Å². The number of guanidine groups is 1. The molecule has 2 aliphatic heterocycles. The van der Waals surface area contributed by atoms with E-state index < -0.39 is 47.4 Å². The number of carboxylic acid groups (broad SMARTS) is 1. The summed E-state index contributed by atoms with van der Waals surface area (Å²) >= 11 is 0. The van der Waals surface area contributed by atoms with Gasteiger partial charge >= 0.3 is 18.2 Å². The first-order chi connectivity index (χ1) is 17.6. The Kier molecular flexibility index (Phi) is 10.5. The fourth-order valence-corrected chi connectivity index (χ4v) is 4.93. The minimum Gasteiger partial charge on any atom is -0.481 e. The van der Waals surface area contributed by atoms with Crippen molar-refractivity contribution in [1.29, 1.82) is 0 Å². The summed E-state index contributed by atoms with van der Waals surface area (Å²) in [5, 5.41) is 10.1. The standard InChI is InChI=1S/C28H45N3O7/c1-9-10-11-12-13-14-20(32)17-19-15-16-21-22(23(33)34)18(2)30(26(36)38-28(6,7)8)24(31(19)21)29-25(35)37-27(3,4)5/h19,21-22H,2,9-17H2,1,3-8H3,(H,33,34)/b29-24+/t19-,21+,22-/m0/s1. The number of carbonyl (C=O) groups excluding carboxylic acids is 3. The first-order valence-corrected chi connectivity index (χ1v) is 13.6. The molecule has 0 aromatic carbocycles. The molecular weight excluding hydrogens is 490 g/mol. The molecular formula is C28H45N3O7. The number of amides is 2. The molecule has 0 aromatic heterocycles. The van der Waals surface area contributed by atoms with Crippen LogP contribution in [0.3, 0.4) is 0 Å². The second-order valence-electron chi connectivity index (χ2n) is 12.1. The predicted octanol–water partition coefficient (Wildman–Crippen LogP) is 5.90. The molecule has 2 aliphatic rings. The van der Waals surface area contributed by atoms with Gasteiger partial charge in [0.2, 0.25) is 5.96 Å². The van der Waals surface area contributed by atoms with Gasteiger partial charge in [0, 0.05) is 24.6 Å². The number of aliphatic imine (C=N–C) groups is 1. The van der Waals surface area contributed by atoms with Crippen LogP contribution in [-0.4, -0.2) is 68.1 Å². The topological polar surface area (TPSA) is 126 Å². The van der Waals surface area contributed by atoms with Gasteiger partial charge in [0.05, 0.1) is 6.04 Å². The van der Waals surface area contributed by atoms with Crippen LogP contribution in [0.2, 0.25) is 0 Å². The van der Waals surface area contributed by atoms with Crippen molar-refractivity contribution < 1.29 is 33.8 Å². The normalized spacial score (nSPS) is 22.9. The molecule has 1 N–H and O–H groups in total. The highest BCUT2D eigenvalue weighted by Gasteiger charge is 2.53. The van der Waals surface area contributed by atoms with Crippen molar-refractivity contribution in [2.45, 2.75) is 130 Å². The molecule has 3 atom stereocenters. The van der Waals surface area contributed by atoms with Gasteiger partial charge in [-0.1, -0.05) is 39.2 Å². The van der Waals surface area contributed by atoms with Crippen molar-refractivity contribution in [1.82, 2.24) is 9.80 Å². The van der Waals surface area contributed by atoms with E-state index in [1.54, 1.807) is 46.4 Å². The number of hydrogen-bond acceptors (Lipinski definition) is 6. The molecule has 2 amide bonds. The van der Waals surface area contributed by atoms with Gasteiger partial charge in [-0.25, -0.2) is 14.5 Å². The predicted molar refractivity (Wildman–Crippen MR) is 144 cm³/mol. The van der Waals surface area contributed by atoms with E-state index in [4.69, 9.17) is 9.47 Å². The van der Waals surface area contributed by atoms with Crippen molar-refractivity contribution in [2.24, 2.45) is 10.9 Å². The zero-order chi connectivity index (χ0) is 28.8. The first-order valence-electron chi connectivity index (χ1n) is 13.6. The Morgan fingerprint density at radius 3 is 2.13 bits per heavy atom. The van der Waals surface area contributed by atoms with Crippen molar-refractivity contribution in [3.05, 3.63) is 12.3 Å². The van der Waals surface area contributed by atoms with Crippen molar-refractivity contribution in [3.8, 4) is 0 Å². The second-order valence-corrected chi connectivity index (χ2v) is 12.1. The largest absolute Gasteiger partial charge is 0.481 e. The lowest BCUT2D eigenvalue weighted by Gasteiger charge is -2.46. The van der Waals surface area contributed by atoms with E-state index >= 15 is 0 Å². The summed E-state index contributed by atoms with van der Waals surface area (Å²) in [4.78, 5) is 58.2. The summed E-state index contributed by atoms with van der Waals surface area (Å²) in [5.74, 6) is -2.35.